The topological polar surface area (TPSA) is 4.36 Å². The summed E-state index contributed by atoms with van der Waals surface area (Å²) < 4.78 is 0. The Bertz CT molecular complexity index is 2790. The van der Waals surface area contributed by atoms with Gasteiger partial charge < -0.3 is 0 Å². The quantitative estimate of drug-likeness (QED) is 0.128. The number of nitrogens with zero attached hydrogens (tertiary/aromatic N) is 1. The van der Waals surface area contributed by atoms with Crippen LogP contribution in [0.4, 0.5) is 5.69 Å². The van der Waals surface area contributed by atoms with Gasteiger partial charge in [-0.3, -0.25) is 0 Å². The molecule has 246 valence electrons. The molecular formula is C51H37N. The molecule has 4 bridgehead atoms. The minimum Gasteiger partial charge on any atom is -0.238 e. The van der Waals surface area contributed by atoms with Gasteiger partial charge in [0.25, 0.3) is 0 Å². The van der Waals surface area contributed by atoms with Gasteiger partial charge >= 0.3 is 0 Å². The molecular weight excluding hydrogens is 627 g/mol. The summed E-state index contributed by atoms with van der Waals surface area (Å²) in [6.07, 6.45) is 6.77. The number of hydrogen-bond acceptors (Lipinski definition) is 0. The average molecular weight is 664 g/mol. The molecule has 0 aromatic heterocycles. The molecule has 4 saturated carbocycles. The Hall–Kier alpha value is -5.71. The number of fused-ring (bicyclic) bond motifs is 8. The van der Waals surface area contributed by atoms with E-state index in [0.717, 1.165) is 22.9 Å². The van der Waals surface area contributed by atoms with Crippen LogP contribution < -0.4 is 0 Å². The fraction of sp³-hybridized carbons (Fsp3) is 0.196. The van der Waals surface area contributed by atoms with Gasteiger partial charge in [0.05, 0.1) is 6.57 Å². The summed E-state index contributed by atoms with van der Waals surface area (Å²) in [7, 11) is 0. The van der Waals surface area contributed by atoms with E-state index in [4.69, 9.17) is 6.57 Å². The van der Waals surface area contributed by atoms with E-state index in [-0.39, 0.29) is 5.41 Å². The van der Waals surface area contributed by atoms with Crippen LogP contribution in [0.5, 0.6) is 0 Å². The van der Waals surface area contributed by atoms with Crippen molar-refractivity contribution >= 4 is 48.8 Å². The van der Waals surface area contributed by atoms with Crippen LogP contribution in [-0.2, 0) is 5.41 Å². The van der Waals surface area contributed by atoms with Crippen molar-refractivity contribution in [1.82, 2.24) is 0 Å². The predicted octanol–water partition coefficient (Wildman–Crippen LogP) is 13.9. The van der Waals surface area contributed by atoms with Gasteiger partial charge in [0.15, 0.2) is 5.69 Å². The first-order chi connectivity index (χ1) is 25.7. The second-order valence-corrected chi connectivity index (χ2v) is 16.3. The first-order valence-corrected chi connectivity index (χ1v) is 19.2. The van der Waals surface area contributed by atoms with Crippen molar-refractivity contribution in [2.24, 2.45) is 23.7 Å². The lowest BCUT2D eigenvalue weighted by Gasteiger charge is -2.61. The summed E-state index contributed by atoms with van der Waals surface area (Å²) in [5.41, 5.74) is 12.0. The van der Waals surface area contributed by atoms with Crippen LogP contribution in [0.2, 0.25) is 0 Å². The summed E-state index contributed by atoms with van der Waals surface area (Å²) in [5, 5.41) is 10.2. The van der Waals surface area contributed by atoms with Crippen molar-refractivity contribution in [2.75, 3.05) is 0 Å². The predicted molar refractivity (Wildman–Crippen MR) is 217 cm³/mol. The molecule has 0 radical (unpaired) electrons. The number of benzene rings is 8. The number of rotatable bonds is 2. The smallest absolute Gasteiger partial charge is 0.194 e. The second kappa shape index (κ2) is 10.4. The summed E-state index contributed by atoms with van der Waals surface area (Å²) in [6, 6.07) is 52.4. The fourth-order valence-electron chi connectivity index (χ4n) is 12.5. The molecule has 4 fully saturated rings. The lowest BCUT2D eigenvalue weighted by Crippen LogP contribution is -2.55. The van der Waals surface area contributed by atoms with Crippen LogP contribution in [0.1, 0.15) is 43.2 Å². The highest BCUT2D eigenvalue weighted by Crippen LogP contribution is 2.70. The number of hydrogen-bond donors (Lipinski definition) is 0. The molecule has 0 atom stereocenters. The average Bonchev–Trinajstić information content (AvgIpc) is 3.48. The Labute approximate surface area is 304 Å². The van der Waals surface area contributed by atoms with Gasteiger partial charge in [-0.1, -0.05) is 133 Å². The van der Waals surface area contributed by atoms with Gasteiger partial charge in [0.1, 0.15) is 0 Å². The van der Waals surface area contributed by atoms with E-state index in [9.17, 15) is 0 Å². The van der Waals surface area contributed by atoms with Crippen molar-refractivity contribution < 1.29 is 0 Å². The minimum absolute atomic E-state index is 0.0112. The monoisotopic (exact) mass is 663 g/mol. The molecule has 5 aliphatic rings. The molecule has 0 unspecified atom stereocenters. The Balaban J connectivity index is 1.16. The minimum atomic E-state index is -0.0112. The molecule has 0 N–H and O–H groups in total. The lowest BCUT2D eigenvalue weighted by molar-refractivity contribution is -0.0393. The third-order valence-electron chi connectivity index (χ3n) is 14.0. The SMILES string of the molecule is [C-]#[N+]c1cccc2c3c(ccc12)-c1ccc(-c2c4ccccc4c(-c4cccc5ccccc45)c4ccccc24)cc1C31C2CC3CC(C2)CC1C3. The molecule has 8 aromatic carbocycles. The largest absolute Gasteiger partial charge is 0.238 e. The van der Waals surface area contributed by atoms with Gasteiger partial charge in [0.2, 0.25) is 0 Å². The van der Waals surface area contributed by atoms with Crippen LogP contribution in [0.15, 0.2) is 140 Å². The molecule has 0 amide bonds. The zero-order chi connectivity index (χ0) is 34.1. The van der Waals surface area contributed by atoms with E-state index < -0.39 is 0 Å². The summed E-state index contributed by atoms with van der Waals surface area (Å²) in [5.74, 6) is 3.02. The molecule has 52 heavy (non-hydrogen) atoms. The maximum atomic E-state index is 8.04. The summed E-state index contributed by atoms with van der Waals surface area (Å²) in [4.78, 5) is 4.01. The molecule has 0 aliphatic heterocycles. The Morgan fingerprint density at radius 3 is 1.73 bits per heavy atom. The summed E-state index contributed by atoms with van der Waals surface area (Å²) in [6.45, 7) is 8.04. The van der Waals surface area contributed by atoms with E-state index in [1.54, 1.807) is 5.56 Å². The summed E-state index contributed by atoms with van der Waals surface area (Å²) >= 11 is 0. The van der Waals surface area contributed by atoms with Crippen LogP contribution >= 0.6 is 0 Å². The molecule has 1 heteroatoms. The zero-order valence-corrected chi connectivity index (χ0v) is 29.1. The Kier molecular flexibility index (Phi) is 5.80. The van der Waals surface area contributed by atoms with Crippen molar-refractivity contribution in [3.05, 3.63) is 162 Å². The van der Waals surface area contributed by atoms with Crippen LogP contribution in [0.3, 0.4) is 0 Å². The Morgan fingerprint density at radius 1 is 0.462 bits per heavy atom. The maximum Gasteiger partial charge on any atom is 0.194 e. The maximum absolute atomic E-state index is 8.04. The second-order valence-electron chi connectivity index (χ2n) is 16.3. The Morgan fingerprint density at radius 2 is 1.04 bits per heavy atom. The molecule has 0 heterocycles. The highest BCUT2D eigenvalue weighted by atomic mass is 14.7. The van der Waals surface area contributed by atoms with Crippen LogP contribution in [0, 0.1) is 30.2 Å². The lowest BCUT2D eigenvalue weighted by atomic mass is 9.43. The molecule has 5 aliphatic carbocycles. The highest BCUT2D eigenvalue weighted by molar-refractivity contribution is 6.23. The van der Waals surface area contributed by atoms with E-state index in [0.29, 0.717) is 11.8 Å². The molecule has 1 nitrogen and oxygen atoms in total. The van der Waals surface area contributed by atoms with Crippen molar-refractivity contribution in [3.8, 4) is 33.4 Å². The van der Waals surface area contributed by atoms with Crippen molar-refractivity contribution in [2.45, 2.75) is 37.5 Å². The standard InChI is InChI=1S/C51H37N/c1-52-47-19-9-18-44-38(47)22-23-45-37-21-20-33(29-46(37)51(50(44)45)34-25-30-24-31(27-34)28-35(51)26-30)48-40-13-4-6-15-42(40)49(43-16-7-5-14-41(43)48)39-17-8-11-32-10-2-3-12-36(32)39/h2-23,29-31,34-35H,24-28H2. The van der Waals surface area contributed by atoms with Gasteiger partial charge in [-0.25, -0.2) is 4.85 Å². The van der Waals surface area contributed by atoms with Gasteiger partial charge in [-0.05, 0) is 149 Å². The van der Waals surface area contributed by atoms with Gasteiger partial charge in [-0.2, -0.15) is 0 Å². The molecule has 1 spiro atoms. The van der Waals surface area contributed by atoms with Crippen LogP contribution in [-0.4, -0.2) is 0 Å². The van der Waals surface area contributed by atoms with E-state index in [1.807, 2.05) is 6.07 Å². The first-order valence-electron chi connectivity index (χ1n) is 19.2. The van der Waals surface area contributed by atoms with Crippen molar-refractivity contribution in [1.29, 1.82) is 0 Å². The third-order valence-corrected chi connectivity index (χ3v) is 14.0. The van der Waals surface area contributed by atoms with E-state index >= 15 is 0 Å². The van der Waals surface area contributed by atoms with Crippen molar-refractivity contribution in [3.63, 3.8) is 0 Å². The fourth-order valence-corrected chi connectivity index (χ4v) is 12.5. The third kappa shape index (κ3) is 3.63. The molecule has 0 saturated heterocycles. The van der Waals surface area contributed by atoms with E-state index in [1.165, 1.54) is 109 Å². The molecule has 8 aromatic rings. The normalized spacial score (nSPS) is 23.8. The van der Waals surface area contributed by atoms with E-state index in [2.05, 4.69) is 138 Å². The van der Waals surface area contributed by atoms with Crippen LogP contribution in [0.25, 0.3) is 81.3 Å². The zero-order valence-electron chi connectivity index (χ0n) is 29.1. The van der Waals surface area contributed by atoms with Gasteiger partial charge in [0, 0.05) is 5.41 Å². The first kappa shape index (κ1) is 28.9. The highest BCUT2D eigenvalue weighted by Gasteiger charge is 2.62. The van der Waals surface area contributed by atoms with Gasteiger partial charge in [-0.15, -0.1) is 0 Å². The molecule has 13 rings (SSSR count).